The molecule has 19 heavy (non-hydrogen) atoms. The molecule has 2 rings (SSSR count). The van der Waals surface area contributed by atoms with E-state index in [1.165, 1.54) is 36.1 Å². The zero-order valence-electron chi connectivity index (χ0n) is 13.4. The molecule has 106 valence electrons. The van der Waals surface area contributed by atoms with Gasteiger partial charge in [0.2, 0.25) is 0 Å². The van der Waals surface area contributed by atoms with Crippen LogP contribution in [-0.2, 0) is 0 Å². The Morgan fingerprint density at radius 2 is 1.58 bits per heavy atom. The van der Waals surface area contributed by atoms with Gasteiger partial charge in [0.05, 0.1) is 0 Å². The number of anilines is 1. The van der Waals surface area contributed by atoms with Crippen LogP contribution >= 0.6 is 0 Å². The van der Waals surface area contributed by atoms with Gasteiger partial charge in [0.25, 0.3) is 0 Å². The Hall–Kier alpha value is -0.980. The van der Waals surface area contributed by atoms with Crippen molar-refractivity contribution in [2.24, 2.45) is 10.8 Å². The second-order valence-electron chi connectivity index (χ2n) is 8.07. The molecular weight excluding hydrogens is 230 g/mol. The minimum absolute atomic E-state index is 0.442. The molecule has 0 aliphatic heterocycles. The van der Waals surface area contributed by atoms with Gasteiger partial charge < -0.3 is 5.32 Å². The molecule has 0 atom stereocenters. The lowest BCUT2D eigenvalue weighted by atomic mass is 9.63. The predicted octanol–water partition coefficient (Wildman–Crippen LogP) is 5.32. The van der Waals surface area contributed by atoms with Crippen LogP contribution in [0.3, 0.4) is 0 Å². The van der Waals surface area contributed by atoms with Crippen molar-refractivity contribution in [3.8, 4) is 0 Å². The molecule has 1 heteroatoms. The molecule has 0 radical (unpaired) electrons. The van der Waals surface area contributed by atoms with Gasteiger partial charge in [-0.3, -0.25) is 0 Å². The number of aryl methyl sites for hydroxylation is 2. The van der Waals surface area contributed by atoms with Gasteiger partial charge >= 0.3 is 0 Å². The fourth-order valence-corrected chi connectivity index (χ4v) is 4.06. The first kappa shape index (κ1) is 14.4. The lowest BCUT2D eigenvalue weighted by Gasteiger charge is -2.45. The van der Waals surface area contributed by atoms with Gasteiger partial charge in [0, 0.05) is 11.7 Å². The minimum Gasteiger partial charge on any atom is -0.382 e. The lowest BCUT2D eigenvalue weighted by Crippen LogP contribution is -2.40. The highest BCUT2D eigenvalue weighted by Crippen LogP contribution is 2.46. The Kier molecular flexibility index (Phi) is 3.68. The van der Waals surface area contributed by atoms with Gasteiger partial charge in [-0.15, -0.1) is 0 Å². The van der Waals surface area contributed by atoms with Crippen molar-refractivity contribution in [1.82, 2.24) is 0 Å². The summed E-state index contributed by atoms with van der Waals surface area (Å²) in [6, 6.07) is 7.29. The van der Waals surface area contributed by atoms with Crippen LogP contribution in [0.15, 0.2) is 18.2 Å². The quantitative estimate of drug-likeness (QED) is 0.758. The largest absolute Gasteiger partial charge is 0.382 e. The van der Waals surface area contributed by atoms with Gasteiger partial charge in [0.15, 0.2) is 0 Å². The van der Waals surface area contributed by atoms with E-state index in [0.717, 1.165) is 0 Å². The highest BCUT2D eigenvalue weighted by molar-refractivity contribution is 5.53. The zero-order valence-corrected chi connectivity index (χ0v) is 13.4. The molecule has 1 aromatic carbocycles. The van der Waals surface area contributed by atoms with Crippen LogP contribution in [0.5, 0.6) is 0 Å². The van der Waals surface area contributed by atoms with E-state index >= 15 is 0 Å². The number of rotatable bonds is 2. The first-order valence-electron chi connectivity index (χ1n) is 7.51. The maximum atomic E-state index is 3.80. The third kappa shape index (κ3) is 3.75. The summed E-state index contributed by atoms with van der Waals surface area (Å²) in [5, 5.41) is 3.80. The normalized spacial score (nSPS) is 22.2. The number of nitrogens with one attached hydrogen (secondary N) is 1. The second-order valence-corrected chi connectivity index (χ2v) is 8.07. The van der Waals surface area contributed by atoms with Crippen molar-refractivity contribution in [3.05, 3.63) is 29.3 Å². The Balaban J connectivity index is 2.16. The molecule has 1 aliphatic carbocycles. The second kappa shape index (κ2) is 4.85. The van der Waals surface area contributed by atoms with E-state index < -0.39 is 0 Å². The number of benzene rings is 1. The van der Waals surface area contributed by atoms with E-state index in [-0.39, 0.29) is 0 Å². The topological polar surface area (TPSA) is 12.0 Å². The minimum atomic E-state index is 0.442. The molecule has 1 nitrogen and oxygen atoms in total. The van der Waals surface area contributed by atoms with Gasteiger partial charge in [-0.05, 0) is 61.1 Å². The summed E-state index contributed by atoms with van der Waals surface area (Å²) in [6.07, 6.45) is 3.86. The van der Waals surface area contributed by atoms with E-state index in [4.69, 9.17) is 0 Å². The maximum absolute atomic E-state index is 3.80. The average molecular weight is 259 g/mol. The Morgan fingerprint density at radius 3 is 2.16 bits per heavy atom. The summed E-state index contributed by atoms with van der Waals surface area (Å²) >= 11 is 0. The van der Waals surface area contributed by atoms with Crippen LogP contribution in [0.1, 0.15) is 58.1 Å². The summed E-state index contributed by atoms with van der Waals surface area (Å²) in [5.74, 6) is 0. The highest BCUT2D eigenvalue weighted by Gasteiger charge is 2.38. The fourth-order valence-electron chi connectivity index (χ4n) is 4.06. The Labute approximate surface area is 118 Å². The van der Waals surface area contributed by atoms with E-state index in [1.807, 2.05) is 0 Å². The van der Waals surface area contributed by atoms with Crippen LogP contribution in [0.4, 0.5) is 5.69 Å². The molecule has 0 bridgehead atoms. The third-order valence-electron chi connectivity index (χ3n) is 4.31. The molecule has 0 amide bonds. The molecule has 0 aromatic heterocycles. The lowest BCUT2D eigenvalue weighted by molar-refractivity contribution is 0.105. The monoisotopic (exact) mass is 259 g/mol. The molecular formula is C18H29N. The van der Waals surface area contributed by atoms with Crippen molar-refractivity contribution in [2.45, 2.75) is 66.8 Å². The molecule has 0 unspecified atom stereocenters. The standard InChI is InChI=1S/C18H29N/c1-13-7-8-14(2)16(9-13)19-15-10-17(3,4)12-18(5,6)11-15/h7-9,15,19H,10-12H2,1-6H3. The van der Waals surface area contributed by atoms with Crippen molar-refractivity contribution < 1.29 is 0 Å². The number of hydrogen-bond donors (Lipinski definition) is 1. The molecule has 1 aromatic rings. The van der Waals surface area contributed by atoms with Gasteiger partial charge in [0.1, 0.15) is 0 Å². The molecule has 1 aliphatic rings. The maximum Gasteiger partial charge on any atom is 0.0374 e. The average Bonchev–Trinajstić information content (AvgIpc) is 2.18. The molecule has 1 saturated carbocycles. The molecule has 0 saturated heterocycles. The van der Waals surface area contributed by atoms with Gasteiger partial charge in [-0.1, -0.05) is 39.8 Å². The van der Waals surface area contributed by atoms with Gasteiger partial charge in [-0.25, -0.2) is 0 Å². The van der Waals surface area contributed by atoms with Crippen LogP contribution < -0.4 is 5.32 Å². The zero-order chi connectivity index (χ0) is 14.3. The van der Waals surface area contributed by atoms with Crippen LogP contribution in [0.2, 0.25) is 0 Å². The highest BCUT2D eigenvalue weighted by atomic mass is 14.9. The predicted molar refractivity (Wildman–Crippen MR) is 84.7 cm³/mol. The number of hydrogen-bond acceptors (Lipinski definition) is 1. The smallest absolute Gasteiger partial charge is 0.0374 e. The molecule has 0 heterocycles. The fraction of sp³-hybridized carbons (Fsp3) is 0.667. The van der Waals surface area contributed by atoms with Crippen LogP contribution in [-0.4, -0.2) is 6.04 Å². The first-order valence-corrected chi connectivity index (χ1v) is 7.51. The van der Waals surface area contributed by atoms with Crippen molar-refractivity contribution in [1.29, 1.82) is 0 Å². The van der Waals surface area contributed by atoms with E-state index in [9.17, 15) is 0 Å². The van der Waals surface area contributed by atoms with Crippen molar-refractivity contribution >= 4 is 5.69 Å². The van der Waals surface area contributed by atoms with Gasteiger partial charge in [-0.2, -0.15) is 0 Å². The summed E-state index contributed by atoms with van der Waals surface area (Å²) in [6.45, 7) is 14.0. The third-order valence-corrected chi connectivity index (χ3v) is 4.31. The SMILES string of the molecule is Cc1ccc(C)c(NC2CC(C)(C)CC(C)(C)C2)c1. The summed E-state index contributed by atoms with van der Waals surface area (Å²) < 4.78 is 0. The molecule has 1 N–H and O–H groups in total. The molecule has 0 spiro atoms. The molecule has 1 fully saturated rings. The Bertz CT molecular complexity index is 441. The first-order chi connectivity index (χ1) is 8.67. The summed E-state index contributed by atoms with van der Waals surface area (Å²) in [5.41, 5.74) is 4.89. The van der Waals surface area contributed by atoms with E-state index in [0.29, 0.717) is 16.9 Å². The van der Waals surface area contributed by atoms with E-state index in [1.54, 1.807) is 0 Å². The van der Waals surface area contributed by atoms with Crippen LogP contribution in [0, 0.1) is 24.7 Å². The van der Waals surface area contributed by atoms with Crippen molar-refractivity contribution in [3.63, 3.8) is 0 Å². The van der Waals surface area contributed by atoms with E-state index in [2.05, 4.69) is 65.1 Å². The summed E-state index contributed by atoms with van der Waals surface area (Å²) in [4.78, 5) is 0. The van der Waals surface area contributed by atoms with Crippen LogP contribution in [0.25, 0.3) is 0 Å². The summed E-state index contributed by atoms with van der Waals surface area (Å²) in [7, 11) is 0. The van der Waals surface area contributed by atoms with Crippen molar-refractivity contribution in [2.75, 3.05) is 5.32 Å². The Morgan fingerprint density at radius 1 is 1.00 bits per heavy atom.